The van der Waals surface area contributed by atoms with Crippen LogP contribution in [0.2, 0.25) is 0 Å². The molecule has 0 fully saturated rings. The van der Waals surface area contributed by atoms with Gasteiger partial charge in [0.25, 0.3) is 5.97 Å². The van der Waals surface area contributed by atoms with Crippen molar-refractivity contribution in [2.24, 2.45) is 0 Å². The van der Waals surface area contributed by atoms with E-state index in [0.717, 1.165) is 18.1 Å². The fourth-order valence-electron chi connectivity index (χ4n) is 1.75. The Morgan fingerprint density at radius 1 is 0.947 bits per heavy atom. The second kappa shape index (κ2) is 6.09. The van der Waals surface area contributed by atoms with E-state index in [2.05, 4.69) is 41.5 Å². The minimum absolute atomic E-state index is 0.00859. The monoisotopic (exact) mass is 266 g/mol. The molecule has 2 N–H and O–H groups in total. The number of aromatic hydroxyl groups is 1. The lowest BCUT2D eigenvalue weighted by Crippen LogP contribution is -2.16. The van der Waals surface area contributed by atoms with E-state index in [1.165, 1.54) is 0 Å². The number of para-hydroxylation sites is 1. The molecule has 108 valence electrons. The Balaban J connectivity index is 0.000000711. The van der Waals surface area contributed by atoms with Gasteiger partial charge < -0.3 is 10.2 Å². The highest BCUT2D eigenvalue weighted by Crippen LogP contribution is 2.38. The van der Waals surface area contributed by atoms with Crippen molar-refractivity contribution in [1.82, 2.24) is 0 Å². The number of hydrogen-bond acceptors (Lipinski definition) is 2. The molecule has 1 rings (SSSR count). The van der Waals surface area contributed by atoms with E-state index in [1.807, 2.05) is 18.2 Å². The van der Waals surface area contributed by atoms with E-state index in [0.29, 0.717) is 5.75 Å². The predicted molar refractivity (Wildman–Crippen MR) is 78.8 cm³/mol. The molecule has 0 amide bonds. The van der Waals surface area contributed by atoms with Crippen molar-refractivity contribution in [3.63, 3.8) is 0 Å². The summed E-state index contributed by atoms with van der Waals surface area (Å²) in [5.74, 6) is -0.377. The Bertz CT molecular complexity index is 398. The smallest absolute Gasteiger partial charge is 0.300 e. The lowest BCUT2D eigenvalue weighted by Gasteiger charge is -2.26. The van der Waals surface area contributed by atoms with Crippen molar-refractivity contribution in [1.29, 1.82) is 0 Å². The third-order valence-electron chi connectivity index (χ3n) is 2.65. The van der Waals surface area contributed by atoms with Crippen molar-refractivity contribution in [2.45, 2.75) is 59.3 Å². The van der Waals surface area contributed by atoms with E-state index in [9.17, 15) is 5.11 Å². The van der Waals surface area contributed by atoms with Gasteiger partial charge in [0.05, 0.1) is 0 Å². The number of carboxylic acids is 1. The third-order valence-corrected chi connectivity index (χ3v) is 2.65. The van der Waals surface area contributed by atoms with Crippen LogP contribution in [-0.4, -0.2) is 16.2 Å². The molecule has 0 aliphatic carbocycles. The zero-order valence-electron chi connectivity index (χ0n) is 13.0. The van der Waals surface area contributed by atoms with E-state index in [-0.39, 0.29) is 10.8 Å². The molecular weight excluding hydrogens is 240 g/mol. The van der Waals surface area contributed by atoms with E-state index < -0.39 is 5.97 Å². The van der Waals surface area contributed by atoms with Gasteiger partial charge in [-0.05, 0) is 22.0 Å². The highest BCUT2D eigenvalue weighted by molar-refractivity contribution is 5.62. The summed E-state index contributed by atoms with van der Waals surface area (Å²) in [5, 5.41) is 17.7. The van der Waals surface area contributed by atoms with Crippen LogP contribution in [0.5, 0.6) is 5.75 Å². The second-order valence-corrected chi connectivity index (χ2v) is 6.72. The molecule has 0 saturated heterocycles. The van der Waals surface area contributed by atoms with Crippen LogP contribution in [-0.2, 0) is 15.6 Å². The Labute approximate surface area is 116 Å². The molecule has 1 aromatic rings. The average molecular weight is 266 g/mol. The summed E-state index contributed by atoms with van der Waals surface area (Å²) >= 11 is 0. The van der Waals surface area contributed by atoms with Crippen LogP contribution >= 0.6 is 0 Å². The molecule has 0 aliphatic rings. The predicted octanol–water partition coefficient (Wildman–Crippen LogP) is 4.08. The number of carboxylic acid groups (broad SMARTS) is 1. The quantitative estimate of drug-likeness (QED) is 0.744. The standard InChI is InChI=1S/C14H22O.C2H4O2/c1-13(2,3)10-8-7-9-11(12(10)15)14(4,5)6;1-2(3)4/h7-9,15H,1-6H3;1H3,(H,3,4). The molecule has 0 heterocycles. The SMILES string of the molecule is CC(=O)O.CC(C)(C)c1cccc(C(C)(C)C)c1O. The van der Waals surface area contributed by atoms with Crippen molar-refractivity contribution < 1.29 is 15.0 Å². The number of phenols is 1. The van der Waals surface area contributed by atoms with E-state index in [4.69, 9.17) is 9.90 Å². The van der Waals surface area contributed by atoms with Gasteiger partial charge in [0.15, 0.2) is 0 Å². The van der Waals surface area contributed by atoms with Gasteiger partial charge >= 0.3 is 0 Å². The highest BCUT2D eigenvalue weighted by atomic mass is 16.4. The van der Waals surface area contributed by atoms with Gasteiger partial charge in [-0.1, -0.05) is 59.7 Å². The fourth-order valence-corrected chi connectivity index (χ4v) is 1.75. The van der Waals surface area contributed by atoms with Crippen molar-refractivity contribution in [3.8, 4) is 5.75 Å². The topological polar surface area (TPSA) is 57.5 Å². The van der Waals surface area contributed by atoms with E-state index >= 15 is 0 Å². The number of phenolic OH excluding ortho intramolecular Hbond substituents is 1. The summed E-state index contributed by atoms with van der Waals surface area (Å²) in [5.41, 5.74) is 2.03. The minimum atomic E-state index is -0.833. The van der Waals surface area contributed by atoms with Crippen molar-refractivity contribution in [3.05, 3.63) is 29.3 Å². The van der Waals surface area contributed by atoms with Crippen LogP contribution in [0.3, 0.4) is 0 Å². The molecule has 0 spiro atoms. The van der Waals surface area contributed by atoms with Crippen LogP contribution in [0.25, 0.3) is 0 Å². The van der Waals surface area contributed by atoms with Crippen LogP contribution in [0, 0.1) is 0 Å². The largest absolute Gasteiger partial charge is 0.507 e. The maximum absolute atomic E-state index is 10.3. The molecule has 0 atom stereocenters. The Kier molecular flexibility index (Phi) is 5.61. The zero-order chi connectivity index (χ0) is 15.4. The minimum Gasteiger partial charge on any atom is -0.507 e. The Morgan fingerprint density at radius 2 is 1.21 bits per heavy atom. The third kappa shape index (κ3) is 5.77. The summed E-state index contributed by atoms with van der Waals surface area (Å²) in [7, 11) is 0. The molecule has 0 unspecified atom stereocenters. The number of rotatable bonds is 0. The average Bonchev–Trinajstić information content (AvgIpc) is 2.12. The van der Waals surface area contributed by atoms with Crippen LogP contribution in [0.4, 0.5) is 0 Å². The first-order valence-corrected chi connectivity index (χ1v) is 6.40. The van der Waals surface area contributed by atoms with Crippen molar-refractivity contribution >= 4 is 5.97 Å². The first-order valence-electron chi connectivity index (χ1n) is 6.40. The highest BCUT2D eigenvalue weighted by Gasteiger charge is 2.24. The molecule has 0 saturated carbocycles. The zero-order valence-corrected chi connectivity index (χ0v) is 13.0. The van der Waals surface area contributed by atoms with Gasteiger partial charge in [-0.15, -0.1) is 0 Å². The van der Waals surface area contributed by atoms with Crippen LogP contribution in [0.1, 0.15) is 59.6 Å². The summed E-state index contributed by atoms with van der Waals surface area (Å²) in [4.78, 5) is 9.00. The number of benzene rings is 1. The van der Waals surface area contributed by atoms with Gasteiger partial charge in [-0.25, -0.2) is 0 Å². The van der Waals surface area contributed by atoms with Crippen molar-refractivity contribution in [2.75, 3.05) is 0 Å². The Hall–Kier alpha value is -1.51. The second-order valence-electron chi connectivity index (χ2n) is 6.72. The molecule has 3 heteroatoms. The number of aliphatic carboxylic acids is 1. The summed E-state index contributed by atoms with van der Waals surface area (Å²) in [6.45, 7) is 13.8. The van der Waals surface area contributed by atoms with Gasteiger partial charge in [0.1, 0.15) is 5.75 Å². The maximum Gasteiger partial charge on any atom is 0.300 e. The van der Waals surface area contributed by atoms with Gasteiger partial charge in [-0.3, -0.25) is 4.79 Å². The summed E-state index contributed by atoms with van der Waals surface area (Å²) in [6, 6.07) is 6.04. The summed E-state index contributed by atoms with van der Waals surface area (Å²) in [6.07, 6.45) is 0. The maximum atomic E-state index is 10.3. The molecule has 0 aliphatic heterocycles. The Morgan fingerprint density at radius 3 is 1.42 bits per heavy atom. The lowest BCUT2D eigenvalue weighted by atomic mass is 9.80. The molecular formula is C16H26O3. The number of hydrogen-bond donors (Lipinski definition) is 2. The molecule has 19 heavy (non-hydrogen) atoms. The molecule has 1 aromatic carbocycles. The molecule has 0 radical (unpaired) electrons. The van der Waals surface area contributed by atoms with Gasteiger partial charge in [0.2, 0.25) is 0 Å². The fraction of sp³-hybridized carbons (Fsp3) is 0.562. The lowest BCUT2D eigenvalue weighted by molar-refractivity contribution is -0.134. The first-order chi connectivity index (χ1) is 8.37. The molecule has 0 bridgehead atoms. The summed E-state index contributed by atoms with van der Waals surface area (Å²) < 4.78 is 0. The van der Waals surface area contributed by atoms with E-state index in [1.54, 1.807) is 0 Å². The molecule has 3 nitrogen and oxygen atoms in total. The van der Waals surface area contributed by atoms with Crippen LogP contribution in [0.15, 0.2) is 18.2 Å². The van der Waals surface area contributed by atoms with Gasteiger partial charge in [0, 0.05) is 6.92 Å². The number of carbonyl (C=O) groups is 1. The normalized spacial score (nSPS) is 11.5. The van der Waals surface area contributed by atoms with Gasteiger partial charge in [-0.2, -0.15) is 0 Å². The van der Waals surface area contributed by atoms with Crippen LogP contribution < -0.4 is 0 Å². The molecule has 0 aromatic heterocycles. The first kappa shape index (κ1) is 17.5.